The molecular formula is C24H25FN4O2S. The molecule has 0 aliphatic heterocycles. The second kappa shape index (κ2) is 9.68. The first kappa shape index (κ1) is 22.3. The van der Waals surface area contributed by atoms with Gasteiger partial charge in [0, 0.05) is 24.1 Å². The third-order valence-electron chi connectivity index (χ3n) is 5.15. The van der Waals surface area contributed by atoms with Gasteiger partial charge in [0.1, 0.15) is 40.9 Å². The van der Waals surface area contributed by atoms with Crippen molar-refractivity contribution in [3.05, 3.63) is 72.4 Å². The van der Waals surface area contributed by atoms with Gasteiger partial charge in [-0.1, -0.05) is 18.2 Å². The molecule has 0 amide bonds. The Morgan fingerprint density at radius 1 is 1.09 bits per heavy atom. The van der Waals surface area contributed by atoms with E-state index in [2.05, 4.69) is 0 Å². The van der Waals surface area contributed by atoms with Crippen LogP contribution < -0.4 is 0 Å². The molecule has 0 saturated carbocycles. The summed E-state index contributed by atoms with van der Waals surface area (Å²) in [7, 11) is 0. The molecule has 0 spiro atoms. The van der Waals surface area contributed by atoms with Crippen molar-refractivity contribution >= 4 is 11.8 Å². The van der Waals surface area contributed by atoms with Crippen LogP contribution in [0.3, 0.4) is 0 Å². The van der Waals surface area contributed by atoms with Crippen molar-refractivity contribution in [2.45, 2.75) is 31.7 Å². The lowest BCUT2D eigenvalue weighted by Gasteiger charge is -2.20. The molecule has 2 aromatic carbocycles. The summed E-state index contributed by atoms with van der Waals surface area (Å²) in [6.45, 7) is 4.06. The summed E-state index contributed by atoms with van der Waals surface area (Å²) in [5, 5.41) is 11.0. The van der Waals surface area contributed by atoms with E-state index in [-0.39, 0.29) is 12.4 Å². The number of ether oxygens (including phenoxy) is 1. The number of thioether (sulfide) groups is 1. The predicted octanol–water partition coefficient (Wildman–Crippen LogP) is 5.31. The first-order chi connectivity index (χ1) is 15.6. The molecule has 1 atom stereocenters. The molecule has 166 valence electrons. The Kier molecular flexibility index (Phi) is 6.74. The molecule has 0 aliphatic carbocycles. The van der Waals surface area contributed by atoms with E-state index < -0.39 is 6.23 Å². The molecule has 0 radical (unpaired) electrons. The van der Waals surface area contributed by atoms with Gasteiger partial charge < -0.3 is 9.84 Å². The first-order valence-electron chi connectivity index (χ1n) is 10.4. The third kappa shape index (κ3) is 4.21. The Morgan fingerprint density at radius 2 is 1.81 bits per heavy atom. The number of aromatic nitrogens is 4. The van der Waals surface area contributed by atoms with Crippen LogP contribution in [0.15, 0.2) is 65.8 Å². The van der Waals surface area contributed by atoms with Crippen molar-refractivity contribution in [1.29, 1.82) is 0 Å². The average molecular weight is 453 g/mol. The second-order valence-electron chi connectivity index (χ2n) is 7.13. The van der Waals surface area contributed by atoms with E-state index in [4.69, 9.17) is 14.7 Å². The molecule has 0 bridgehead atoms. The molecule has 0 fully saturated rings. The van der Waals surface area contributed by atoms with E-state index >= 15 is 0 Å². The first-order valence-corrected chi connectivity index (χ1v) is 11.6. The molecule has 6 nitrogen and oxygen atoms in total. The molecule has 0 aliphatic rings. The van der Waals surface area contributed by atoms with Crippen molar-refractivity contribution < 1.29 is 14.2 Å². The smallest absolute Gasteiger partial charge is 0.164 e. The number of imidazole rings is 2. The monoisotopic (exact) mass is 452 g/mol. The van der Waals surface area contributed by atoms with Gasteiger partial charge in [-0.25, -0.2) is 14.4 Å². The van der Waals surface area contributed by atoms with Crippen molar-refractivity contribution in [1.82, 2.24) is 19.1 Å². The number of aliphatic hydroxyl groups excluding tert-OH is 1. The molecule has 2 aromatic heterocycles. The van der Waals surface area contributed by atoms with Gasteiger partial charge in [-0.2, -0.15) is 0 Å². The maximum atomic E-state index is 13.6. The summed E-state index contributed by atoms with van der Waals surface area (Å²) in [6, 6.07) is 16.1. The van der Waals surface area contributed by atoms with Crippen molar-refractivity contribution in [3.63, 3.8) is 0 Å². The van der Waals surface area contributed by atoms with Gasteiger partial charge in [-0.3, -0.25) is 9.13 Å². The van der Waals surface area contributed by atoms with Crippen LogP contribution in [0.25, 0.3) is 28.5 Å². The molecule has 0 saturated heterocycles. The van der Waals surface area contributed by atoms with Crippen LogP contribution in [0.4, 0.5) is 4.39 Å². The summed E-state index contributed by atoms with van der Waals surface area (Å²) in [6.07, 6.45) is 3.56. The SMILES string of the molecule is CCOC(C)n1c(CO)nc(-c2ccc(F)cc2)c1-c1nc(SC)cn1-c1ccccc1. The van der Waals surface area contributed by atoms with E-state index in [0.717, 1.165) is 16.3 Å². The number of benzene rings is 2. The number of aliphatic hydroxyl groups is 1. The lowest BCUT2D eigenvalue weighted by Crippen LogP contribution is -2.15. The second-order valence-corrected chi connectivity index (χ2v) is 7.95. The number of hydrogen-bond donors (Lipinski definition) is 1. The van der Waals surface area contributed by atoms with Crippen LogP contribution in [0, 0.1) is 5.82 Å². The molecule has 8 heteroatoms. The van der Waals surface area contributed by atoms with Gasteiger partial charge in [0.25, 0.3) is 0 Å². The topological polar surface area (TPSA) is 65.1 Å². The van der Waals surface area contributed by atoms with Gasteiger partial charge in [-0.05, 0) is 56.5 Å². The maximum Gasteiger partial charge on any atom is 0.164 e. The Bertz CT molecular complexity index is 1190. The van der Waals surface area contributed by atoms with Gasteiger partial charge in [0.05, 0.1) is 0 Å². The van der Waals surface area contributed by atoms with E-state index in [0.29, 0.717) is 29.6 Å². The predicted molar refractivity (Wildman–Crippen MR) is 124 cm³/mol. The normalized spacial score (nSPS) is 12.3. The van der Waals surface area contributed by atoms with Gasteiger partial charge in [0.2, 0.25) is 0 Å². The van der Waals surface area contributed by atoms with Crippen molar-refractivity contribution in [2.24, 2.45) is 0 Å². The van der Waals surface area contributed by atoms with E-state index in [9.17, 15) is 9.50 Å². The van der Waals surface area contributed by atoms with E-state index in [1.807, 2.05) is 65.8 Å². The van der Waals surface area contributed by atoms with Crippen molar-refractivity contribution in [2.75, 3.05) is 12.9 Å². The quantitative estimate of drug-likeness (QED) is 0.367. The van der Waals surface area contributed by atoms with Crippen LogP contribution in [-0.2, 0) is 11.3 Å². The fourth-order valence-electron chi connectivity index (χ4n) is 3.73. The zero-order valence-corrected chi connectivity index (χ0v) is 19.0. The lowest BCUT2D eigenvalue weighted by molar-refractivity contribution is 0.0214. The summed E-state index contributed by atoms with van der Waals surface area (Å²) >= 11 is 1.54. The zero-order chi connectivity index (χ0) is 22.7. The Balaban J connectivity index is 2.04. The Morgan fingerprint density at radius 3 is 2.44 bits per heavy atom. The molecular weight excluding hydrogens is 427 g/mol. The molecule has 32 heavy (non-hydrogen) atoms. The molecule has 1 N–H and O–H groups in total. The fourth-order valence-corrected chi connectivity index (χ4v) is 4.12. The minimum atomic E-state index is -0.391. The van der Waals surface area contributed by atoms with E-state index in [1.54, 1.807) is 23.9 Å². The number of hydrogen-bond acceptors (Lipinski definition) is 5. The minimum Gasteiger partial charge on any atom is -0.388 e. The summed E-state index contributed by atoms with van der Waals surface area (Å²) < 4.78 is 23.4. The van der Waals surface area contributed by atoms with Crippen LogP contribution >= 0.6 is 11.8 Å². The van der Waals surface area contributed by atoms with E-state index in [1.165, 1.54) is 12.1 Å². The number of nitrogens with zero attached hydrogens (tertiary/aromatic N) is 4. The van der Waals surface area contributed by atoms with Crippen LogP contribution in [0.5, 0.6) is 0 Å². The van der Waals surface area contributed by atoms with Gasteiger partial charge in [0.15, 0.2) is 5.82 Å². The Hall–Kier alpha value is -2.94. The number of halogens is 1. The highest BCUT2D eigenvalue weighted by Gasteiger charge is 2.27. The average Bonchev–Trinajstić information content (AvgIpc) is 3.41. The standard InChI is InChI=1S/C24H25FN4O2S/c1-4-31-16(2)29-20(15-30)26-22(17-10-12-18(25)13-11-17)23(29)24-27-21(32-3)14-28(24)19-8-6-5-7-9-19/h5-14,16,30H,4,15H2,1-3H3. The number of rotatable bonds is 8. The minimum absolute atomic E-state index is 0.271. The molecule has 1 unspecified atom stereocenters. The molecule has 4 aromatic rings. The maximum absolute atomic E-state index is 13.6. The summed E-state index contributed by atoms with van der Waals surface area (Å²) in [5.74, 6) is 0.794. The van der Waals surface area contributed by atoms with Crippen molar-refractivity contribution in [3.8, 4) is 28.5 Å². The highest BCUT2D eigenvalue weighted by molar-refractivity contribution is 7.98. The lowest BCUT2D eigenvalue weighted by atomic mass is 10.1. The molecule has 4 rings (SSSR count). The van der Waals surface area contributed by atoms with Crippen LogP contribution in [0.2, 0.25) is 0 Å². The zero-order valence-electron chi connectivity index (χ0n) is 18.2. The largest absolute Gasteiger partial charge is 0.388 e. The highest BCUT2D eigenvalue weighted by Crippen LogP contribution is 2.37. The van der Waals surface area contributed by atoms with Gasteiger partial charge in [-0.15, -0.1) is 11.8 Å². The highest BCUT2D eigenvalue weighted by atomic mass is 32.2. The third-order valence-corrected chi connectivity index (χ3v) is 5.77. The summed E-state index contributed by atoms with van der Waals surface area (Å²) in [5.41, 5.74) is 2.98. The summed E-state index contributed by atoms with van der Waals surface area (Å²) in [4.78, 5) is 9.61. The Labute approximate surface area is 190 Å². The van der Waals surface area contributed by atoms with Crippen LogP contribution in [0.1, 0.15) is 25.9 Å². The molecule has 2 heterocycles. The number of para-hydroxylation sites is 1. The van der Waals surface area contributed by atoms with Crippen LogP contribution in [-0.4, -0.2) is 37.1 Å². The fraction of sp³-hybridized carbons (Fsp3) is 0.250. The van der Waals surface area contributed by atoms with Gasteiger partial charge >= 0.3 is 0 Å².